The standard InChI is InChI=1S/C29H22N2O4.C21H17BrN2O3.C8H7BO3/c32-28-22-7-2-3-8-23(22)29(33)31(28)12-5-13-34-18-19-10-11-21-16-30-17-25(24(21)14-19)27-15-20-6-1-4-9-26(20)35-27;22-19-12-23-11-15-7-6-14(10-18(15)19)13-27-9-3-8-24-20(25)16-4-1-2-5-17(16)21(24)26;10-9(11)8-5-6-3-1-2-4-7(6)12-8/h1-4,6-11,14-17H,5,12-13,18H2;1-2,4-7,10-12H,3,8-9,13H2;1-5,10-11H. The highest BCUT2D eigenvalue weighted by Gasteiger charge is 2.35. The predicted octanol–water partition coefficient (Wildman–Crippen LogP) is 10.2. The van der Waals surface area contributed by atoms with E-state index < -0.39 is 7.12 Å². The van der Waals surface area contributed by atoms with Crippen LogP contribution in [0, 0.1) is 0 Å². The number of nitrogens with zero attached hydrogens (tertiary/aromatic N) is 4. The number of carbonyl (C=O) groups is 4. The molecule has 2 aliphatic heterocycles. The molecule has 0 saturated heterocycles. The molecule has 4 amide bonds. The number of benzene rings is 6. The molecule has 6 heterocycles. The van der Waals surface area contributed by atoms with Gasteiger partial charge in [0.2, 0.25) is 0 Å². The van der Waals surface area contributed by atoms with Crippen LogP contribution >= 0.6 is 15.9 Å². The molecule has 0 aliphatic carbocycles. The molecule has 0 bridgehead atoms. The molecule has 6 aromatic carbocycles. The number of amides is 4. The molecule has 10 aromatic rings. The first-order valence-corrected chi connectivity index (χ1v) is 24.7. The number of pyridine rings is 2. The highest BCUT2D eigenvalue weighted by molar-refractivity contribution is 9.10. The molecule has 4 aromatic heterocycles. The summed E-state index contributed by atoms with van der Waals surface area (Å²) < 4.78 is 23.8. The molecule has 0 radical (unpaired) electrons. The smallest absolute Gasteiger partial charge is 0.465 e. The molecular formula is C58H46BBrN4O10. The number of ether oxygens (including phenoxy) is 2. The second-order valence-electron chi connectivity index (χ2n) is 17.6. The van der Waals surface area contributed by atoms with E-state index in [0.29, 0.717) is 80.2 Å². The summed E-state index contributed by atoms with van der Waals surface area (Å²) in [6, 6.07) is 45.1. The summed E-state index contributed by atoms with van der Waals surface area (Å²) in [6.07, 6.45) is 8.45. The van der Waals surface area contributed by atoms with E-state index >= 15 is 0 Å². The van der Waals surface area contributed by atoms with Crippen molar-refractivity contribution < 1.29 is 47.5 Å². The molecule has 16 heteroatoms. The number of hydrogen-bond acceptors (Lipinski definition) is 12. The van der Waals surface area contributed by atoms with Crippen LogP contribution in [0.5, 0.6) is 0 Å². The monoisotopic (exact) mass is 1050 g/mol. The SMILES string of the molecule is O=C1c2ccccc2C(=O)N1CCCOCc1ccc2cncc(-c3cc4ccccc4o3)c2c1.O=C1c2ccccc2C(=O)N1CCCOCc1ccc2cncc(Br)c2c1.OB(O)c1cc2ccccc2o1. The number of carbonyl (C=O) groups excluding carboxylic acids is 4. The third-order valence-electron chi connectivity index (χ3n) is 12.6. The number of hydrogen-bond donors (Lipinski definition) is 2. The van der Waals surface area contributed by atoms with Gasteiger partial charge in [-0.2, -0.15) is 0 Å². The Hall–Kier alpha value is -8.12. The molecule has 0 saturated carbocycles. The third-order valence-corrected chi connectivity index (χ3v) is 13.3. The molecule has 2 aliphatic rings. The summed E-state index contributed by atoms with van der Waals surface area (Å²) in [5.74, 6) is -0.116. The number of furan rings is 2. The summed E-state index contributed by atoms with van der Waals surface area (Å²) in [5, 5.41) is 23.7. The molecule has 14 nitrogen and oxygen atoms in total. The van der Waals surface area contributed by atoms with Gasteiger partial charge in [-0.15, -0.1) is 0 Å². The number of aromatic nitrogens is 2. The van der Waals surface area contributed by atoms with Crippen molar-refractivity contribution in [1.29, 1.82) is 0 Å². The Morgan fingerprint density at radius 3 is 1.46 bits per heavy atom. The van der Waals surface area contributed by atoms with Crippen molar-refractivity contribution in [3.63, 3.8) is 0 Å². The fourth-order valence-corrected chi connectivity index (χ4v) is 9.38. The van der Waals surface area contributed by atoms with Gasteiger partial charge in [0.05, 0.1) is 35.5 Å². The van der Waals surface area contributed by atoms with Crippen LogP contribution in [0.1, 0.15) is 65.4 Å². The zero-order chi connectivity index (χ0) is 51.1. The second kappa shape index (κ2) is 22.3. The van der Waals surface area contributed by atoms with Crippen LogP contribution in [0.15, 0.2) is 184 Å². The number of imide groups is 2. The van der Waals surface area contributed by atoms with Crippen molar-refractivity contribution in [2.45, 2.75) is 26.1 Å². The van der Waals surface area contributed by atoms with Gasteiger partial charge in [0.15, 0.2) is 0 Å². The Morgan fingerprint density at radius 2 is 0.946 bits per heavy atom. The first-order valence-electron chi connectivity index (χ1n) is 23.9. The van der Waals surface area contributed by atoms with Crippen LogP contribution in [0.25, 0.3) is 54.8 Å². The fraction of sp³-hybridized carbons (Fsp3) is 0.138. The van der Waals surface area contributed by atoms with E-state index in [0.717, 1.165) is 64.8 Å². The van der Waals surface area contributed by atoms with Gasteiger partial charge in [-0.05, 0) is 111 Å². The zero-order valence-electron chi connectivity index (χ0n) is 39.7. The van der Waals surface area contributed by atoms with Crippen molar-refractivity contribution in [3.05, 3.63) is 208 Å². The normalized spacial score (nSPS) is 12.9. The van der Waals surface area contributed by atoms with E-state index in [2.05, 4.69) is 38.0 Å². The van der Waals surface area contributed by atoms with E-state index in [-0.39, 0.29) is 29.3 Å². The third kappa shape index (κ3) is 10.7. The Labute approximate surface area is 433 Å². The lowest BCUT2D eigenvalue weighted by Gasteiger charge is -2.13. The Kier molecular flexibility index (Phi) is 14.9. The first-order chi connectivity index (χ1) is 36.1. The van der Waals surface area contributed by atoms with E-state index in [9.17, 15) is 19.2 Å². The van der Waals surface area contributed by atoms with Gasteiger partial charge in [0.25, 0.3) is 23.6 Å². The Bertz CT molecular complexity index is 3590. The molecule has 2 N–H and O–H groups in total. The summed E-state index contributed by atoms with van der Waals surface area (Å²) in [6.45, 7) is 2.53. The van der Waals surface area contributed by atoms with Crippen LogP contribution in [0.2, 0.25) is 0 Å². The lowest BCUT2D eigenvalue weighted by molar-refractivity contribution is 0.0603. The molecule has 12 rings (SSSR count). The van der Waals surface area contributed by atoms with Crippen molar-refractivity contribution in [1.82, 2.24) is 19.8 Å². The largest absolute Gasteiger partial charge is 0.526 e. The Balaban J connectivity index is 0.000000141. The molecular weight excluding hydrogens is 1000 g/mol. The molecule has 0 spiro atoms. The van der Waals surface area contributed by atoms with E-state index in [4.69, 9.17) is 28.4 Å². The molecule has 0 unspecified atom stereocenters. The number of fused-ring (bicyclic) bond motifs is 6. The van der Waals surface area contributed by atoms with Gasteiger partial charge in [-0.25, -0.2) is 0 Å². The molecule has 0 fully saturated rings. The number of para-hydroxylation sites is 2. The summed E-state index contributed by atoms with van der Waals surface area (Å²) in [7, 11) is -1.53. The van der Waals surface area contributed by atoms with Crippen LogP contribution in [0.3, 0.4) is 0 Å². The first kappa shape index (κ1) is 49.5. The van der Waals surface area contributed by atoms with Gasteiger partial charge in [-0.1, -0.05) is 84.9 Å². The van der Waals surface area contributed by atoms with E-state index in [1.807, 2.05) is 91.4 Å². The summed E-state index contributed by atoms with van der Waals surface area (Å²) >= 11 is 3.51. The van der Waals surface area contributed by atoms with E-state index in [1.54, 1.807) is 66.9 Å². The van der Waals surface area contributed by atoms with Crippen molar-refractivity contribution >= 4 is 95.8 Å². The average Bonchev–Trinajstić information content (AvgIpc) is 4.19. The quantitative estimate of drug-likeness (QED) is 0.0597. The predicted molar refractivity (Wildman–Crippen MR) is 285 cm³/mol. The maximum absolute atomic E-state index is 12.5. The molecule has 368 valence electrons. The van der Waals surface area contributed by atoms with Crippen LogP contribution in [-0.4, -0.2) is 86.9 Å². The maximum atomic E-state index is 12.5. The summed E-state index contributed by atoms with van der Waals surface area (Å²) in [4.78, 5) is 60.7. The average molecular weight is 1050 g/mol. The van der Waals surface area contributed by atoms with Crippen LogP contribution in [0.4, 0.5) is 0 Å². The number of rotatable bonds is 14. The maximum Gasteiger partial charge on any atom is 0.526 e. The van der Waals surface area contributed by atoms with Gasteiger partial charge < -0.3 is 28.4 Å². The minimum absolute atomic E-state index is 0.177. The van der Waals surface area contributed by atoms with Crippen LogP contribution in [-0.2, 0) is 22.7 Å². The van der Waals surface area contributed by atoms with Gasteiger partial charge in [-0.3, -0.25) is 38.9 Å². The van der Waals surface area contributed by atoms with Gasteiger partial charge in [0, 0.05) is 82.7 Å². The number of halogens is 1. The van der Waals surface area contributed by atoms with Gasteiger partial charge >= 0.3 is 7.12 Å². The van der Waals surface area contributed by atoms with Crippen molar-refractivity contribution in [2.75, 3.05) is 26.3 Å². The topological polar surface area (TPSA) is 186 Å². The highest BCUT2D eigenvalue weighted by atomic mass is 79.9. The summed E-state index contributed by atoms with van der Waals surface area (Å²) in [5.41, 5.74) is 6.64. The molecule has 74 heavy (non-hydrogen) atoms. The lowest BCUT2D eigenvalue weighted by atomic mass is 9.88. The minimum Gasteiger partial charge on any atom is -0.465 e. The zero-order valence-corrected chi connectivity index (χ0v) is 41.3. The van der Waals surface area contributed by atoms with Crippen LogP contribution < -0.4 is 5.66 Å². The molecule has 0 atom stereocenters. The lowest BCUT2D eigenvalue weighted by Crippen LogP contribution is -2.31. The fourth-order valence-electron chi connectivity index (χ4n) is 8.92. The second-order valence-corrected chi connectivity index (χ2v) is 18.4. The van der Waals surface area contributed by atoms with Crippen molar-refractivity contribution in [2.24, 2.45) is 0 Å². The van der Waals surface area contributed by atoms with Gasteiger partial charge in [0.1, 0.15) is 22.6 Å². The highest BCUT2D eigenvalue weighted by Crippen LogP contribution is 2.33. The van der Waals surface area contributed by atoms with Crippen molar-refractivity contribution in [3.8, 4) is 11.3 Å². The minimum atomic E-state index is -1.53. The van der Waals surface area contributed by atoms with E-state index in [1.165, 1.54) is 9.80 Å². The Morgan fingerprint density at radius 1 is 0.486 bits per heavy atom.